The molecule has 2 N–H and O–H groups in total. The smallest absolute Gasteiger partial charge is 0.344 e. The minimum Gasteiger partial charge on any atom is -0.506 e. The van der Waals surface area contributed by atoms with Crippen molar-refractivity contribution in [1.82, 2.24) is 0 Å². The standard InChI is InChI=1S/C24H21NO7S/c1-3-31-24(30)20-21(28)18(12-15-8-10-16(11-9-15)32-13-19(26)27)33-23(20)25-22(29)17-7-5-4-6-14(17)2/h4-12,28H,3,13H2,1-2H3,(H,26,27)/b18-12-,25-23?. The summed E-state index contributed by atoms with van der Waals surface area (Å²) >= 11 is 0.980. The highest BCUT2D eigenvalue weighted by molar-refractivity contribution is 8.18. The largest absolute Gasteiger partial charge is 0.506 e. The molecule has 3 rings (SSSR count). The fourth-order valence-corrected chi connectivity index (χ4v) is 3.93. The number of aliphatic imine (C=N–C) groups is 1. The van der Waals surface area contributed by atoms with Crippen LogP contribution in [0.5, 0.6) is 5.75 Å². The number of carbonyl (C=O) groups excluding carboxylic acids is 2. The molecule has 8 nitrogen and oxygen atoms in total. The second-order valence-electron chi connectivity index (χ2n) is 6.84. The first-order valence-corrected chi connectivity index (χ1v) is 10.8. The summed E-state index contributed by atoms with van der Waals surface area (Å²) in [5.74, 6) is -2.36. The number of esters is 1. The first-order chi connectivity index (χ1) is 15.8. The highest BCUT2D eigenvalue weighted by atomic mass is 32.2. The maximum absolute atomic E-state index is 12.7. The van der Waals surface area contributed by atoms with Crippen LogP contribution < -0.4 is 4.74 Å². The van der Waals surface area contributed by atoms with E-state index >= 15 is 0 Å². The van der Waals surface area contributed by atoms with Crippen LogP contribution in [0.4, 0.5) is 0 Å². The highest BCUT2D eigenvalue weighted by Crippen LogP contribution is 2.39. The van der Waals surface area contributed by atoms with Crippen LogP contribution in [0.3, 0.4) is 0 Å². The molecule has 0 saturated carbocycles. The number of thioether (sulfide) groups is 1. The van der Waals surface area contributed by atoms with Crippen LogP contribution in [0.2, 0.25) is 0 Å². The van der Waals surface area contributed by atoms with Crippen molar-refractivity contribution < 1.29 is 34.1 Å². The van der Waals surface area contributed by atoms with Gasteiger partial charge in [0, 0.05) is 5.56 Å². The van der Waals surface area contributed by atoms with Crippen molar-refractivity contribution in [3.63, 3.8) is 0 Å². The minimum atomic E-state index is -1.09. The molecular formula is C24H21NO7S. The SMILES string of the molecule is CCOC(=O)C1=C(O)/C(=C/c2ccc(OCC(=O)O)cc2)SC1=NC(=O)c1ccccc1C. The van der Waals surface area contributed by atoms with Gasteiger partial charge in [-0.1, -0.05) is 42.1 Å². The van der Waals surface area contributed by atoms with Gasteiger partial charge in [0.25, 0.3) is 5.91 Å². The van der Waals surface area contributed by atoms with E-state index in [9.17, 15) is 19.5 Å². The third-order valence-corrected chi connectivity index (χ3v) is 5.51. The molecule has 1 heterocycles. The molecule has 1 aliphatic rings. The van der Waals surface area contributed by atoms with Crippen LogP contribution >= 0.6 is 11.8 Å². The van der Waals surface area contributed by atoms with E-state index in [1.807, 2.05) is 0 Å². The molecule has 0 spiro atoms. The van der Waals surface area contributed by atoms with Gasteiger partial charge in [-0.05, 0) is 49.2 Å². The number of ether oxygens (including phenoxy) is 2. The first-order valence-electron chi connectivity index (χ1n) is 9.94. The molecule has 170 valence electrons. The Morgan fingerprint density at radius 2 is 1.79 bits per heavy atom. The number of hydrogen-bond acceptors (Lipinski definition) is 7. The molecule has 2 aromatic rings. The summed E-state index contributed by atoms with van der Waals surface area (Å²) < 4.78 is 10.1. The van der Waals surface area contributed by atoms with Crippen molar-refractivity contribution in [2.24, 2.45) is 4.99 Å². The Morgan fingerprint density at radius 3 is 2.42 bits per heavy atom. The normalized spacial score (nSPS) is 15.7. The lowest BCUT2D eigenvalue weighted by molar-refractivity contribution is -0.139. The molecule has 0 aliphatic carbocycles. The summed E-state index contributed by atoms with van der Waals surface area (Å²) in [6.07, 6.45) is 1.61. The number of aryl methyl sites for hydroxylation is 1. The summed E-state index contributed by atoms with van der Waals surface area (Å²) in [7, 11) is 0. The van der Waals surface area contributed by atoms with E-state index in [4.69, 9.17) is 14.6 Å². The summed E-state index contributed by atoms with van der Waals surface area (Å²) in [4.78, 5) is 40.2. The predicted molar refractivity (Wildman–Crippen MR) is 124 cm³/mol. The van der Waals surface area contributed by atoms with Gasteiger partial charge in [-0.2, -0.15) is 0 Å². The highest BCUT2D eigenvalue weighted by Gasteiger charge is 2.34. The van der Waals surface area contributed by atoms with Gasteiger partial charge < -0.3 is 19.7 Å². The fourth-order valence-electron chi connectivity index (χ4n) is 2.91. The number of aliphatic hydroxyl groups excluding tert-OH is 1. The number of aliphatic hydroxyl groups is 1. The Morgan fingerprint density at radius 1 is 1.09 bits per heavy atom. The number of nitrogens with zero attached hydrogens (tertiary/aromatic N) is 1. The predicted octanol–water partition coefficient (Wildman–Crippen LogP) is 4.16. The molecule has 33 heavy (non-hydrogen) atoms. The summed E-state index contributed by atoms with van der Waals surface area (Å²) in [6, 6.07) is 13.4. The van der Waals surface area contributed by atoms with E-state index in [0.717, 1.165) is 17.3 Å². The van der Waals surface area contributed by atoms with Crippen molar-refractivity contribution in [3.8, 4) is 5.75 Å². The van der Waals surface area contributed by atoms with Crippen LogP contribution in [0, 0.1) is 6.92 Å². The Hall–Kier alpha value is -3.85. The van der Waals surface area contributed by atoms with E-state index < -0.39 is 24.5 Å². The molecule has 0 unspecified atom stereocenters. The molecule has 0 bridgehead atoms. The van der Waals surface area contributed by atoms with Gasteiger partial charge in [0.2, 0.25) is 0 Å². The molecule has 2 aromatic carbocycles. The summed E-state index contributed by atoms with van der Waals surface area (Å²) in [5, 5.41) is 19.5. The lowest BCUT2D eigenvalue weighted by atomic mass is 10.1. The average Bonchev–Trinajstić information content (AvgIpc) is 3.08. The zero-order valence-corrected chi connectivity index (χ0v) is 18.7. The van der Waals surface area contributed by atoms with Gasteiger partial charge in [0.05, 0.1) is 11.5 Å². The molecular weight excluding hydrogens is 446 g/mol. The molecule has 9 heteroatoms. The molecule has 0 saturated heterocycles. The quantitative estimate of drug-likeness (QED) is 0.582. The number of carboxylic acids is 1. The van der Waals surface area contributed by atoms with Crippen LogP contribution in [0.1, 0.15) is 28.4 Å². The molecule has 0 radical (unpaired) electrons. The van der Waals surface area contributed by atoms with Gasteiger partial charge in [0.1, 0.15) is 22.1 Å². The van der Waals surface area contributed by atoms with E-state index in [-0.39, 0.29) is 23.0 Å². The van der Waals surface area contributed by atoms with Gasteiger partial charge in [-0.3, -0.25) is 4.79 Å². The zero-order chi connectivity index (χ0) is 24.0. The van der Waals surface area contributed by atoms with Gasteiger partial charge >= 0.3 is 11.9 Å². The topological polar surface area (TPSA) is 122 Å². The molecule has 0 atom stereocenters. The number of rotatable bonds is 7. The third-order valence-electron chi connectivity index (χ3n) is 4.49. The summed E-state index contributed by atoms with van der Waals surface area (Å²) in [6.45, 7) is 3.05. The van der Waals surface area contributed by atoms with Crippen molar-refractivity contribution in [3.05, 3.63) is 81.5 Å². The van der Waals surface area contributed by atoms with Crippen LogP contribution in [-0.4, -0.2) is 46.3 Å². The Bertz CT molecular complexity index is 1180. The molecule has 1 aliphatic heterocycles. The maximum atomic E-state index is 12.7. The fraction of sp³-hybridized carbons (Fsp3) is 0.167. The van der Waals surface area contributed by atoms with Crippen molar-refractivity contribution in [1.29, 1.82) is 0 Å². The Balaban J connectivity index is 1.92. The second-order valence-corrected chi connectivity index (χ2v) is 7.87. The molecule has 1 amide bonds. The summed E-state index contributed by atoms with van der Waals surface area (Å²) in [5.41, 5.74) is 1.61. The Kier molecular flexibility index (Phi) is 7.68. The van der Waals surface area contributed by atoms with Gasteiger partial charge in [0.15, 0.2) is 6.61 Å². The van der Waals surface area contributed by atoms with Crippen LogP contribution in [0.25, 0.3) is 6.08 Å². The Labute approximate surface area is 194 Å². The minimum absolute atomic E-state index is 0.0480. The zero-order valence-electron chi connectivity index (χ0n) is 17.9. The lowest BCUT2D eigenvalue weighted by Crippen LogP contribution is -2.14. The number of amides is 1. The first kappa shape index (κ1) is 23.8. The van der Waals surface area contributed by atoms with E-state index in [1.54, 1.807) is 68.5 Å². The number of hydrogen-bond donors (Lipinski definition) is 2. The monoisotopic (exact) mass is 467 g/mol. The van der Waals surface area contributed by atoms with E-state index in [0.29, 0.717) is 21.8 Å². The third kappa shape index (κ3) is 5.89. The molecule has 0 aromatic heterocycles. The van der Waals surface area contributed by atoms with Crippen LogP contribution in [0.15, 0.2) is 69.8 Å². The average molecular weight is 467 g/mol. The van der Waals surface area contributed by atoms with Crippen molar-refractivity contribution >= 4 is 40.7 Å². The lowest BCUT2D eigenvalue weighted by Gasteiger charge is -2.04. The maximum Gasteiger partial charge on any atom is 0.344 e. The van der Waals surface area contributed by atoms with Gasteiger partial charge in [-0.25, -0.2) is 14.6 Å². The van der Waals surface area contributed by atoms with Crippen molar-refractivity contribution in [2.75, 3.05) is 13.2 Å². The van der Waals surface area contributed by atoms with Crippen LogP contribution in [-0.2, 0) is 14.3 Å². The molecule has 0 fully saturated rings. The van der Waals surface area contributed by atoms with Gasteiger partial charge in [-0.15, -0.1) is 0 Å². The second kappa shape index (κ2) is 10.6. The number of carboxylic acid groups (broad SMARTS) is 1. The number of carbonyl (C=O) groups is 3. The van der Waals surface area contributed by atoms with E-state index in [1.165, 1.54) is 0 Å². The van der Waals surface area contributed by atoms with Crippen molar-refractivity contribution in [2.45, 2.75) is 13.8 Å². The number of benzene rings is 2. The number of aliphatic carboxylic acids is 1. The van der Waals surface area contributed by atoms with E-state index in [2.05, 4.69) is 4.99 Å².